The molecule has 20 heavy (non-hydrogen) atoms. The van der Waals surface area contributed by atoms with Gasteiger partial charge in [-0.25, -0.2) is 0 Å². The standard InChI is InChI=1S/C17H19ClO2/c1-12-4-5-13(2)15(8-12)11-20-17-7-6-16(19-3)9-14(17)10-18/h4-9H,10-11H2,1-3H3. The molecule has 0 spiro atoms. The van der Waals surface area contributed by atoms with Crippen molar-refractivity contribution in [3.05, 3.63) is 58.7 Å². The van der Waals surface area contributed by atoms with Gasteiger partial charge in [0.25, 0.3) is 0 Å². The van der Waals surface area contributed by atoms with Gasteiger partial charge in [-0.2, -0.15) is 0 Å². The Morgan fingerprint density at radius 3 is 2.50 bits per heavy atom. The maximum Gasteiger partial charge on any atom is 0.124 e. The summed E-state index contributed by atoms with van der Waals surface area (Å²) in [5.41, 5.74) is 4.61. The number of ether oxygens (including phenoxy) is 2. The molecule has 0 atom stereocenters. The summed E-state index contributed by atoms with van der Waals surface area (Å²) in [6, 6.07) is 12.1. The largest absolute Gasteiger partial charge is 0.497 e. The minimum Gasteiger partial charge on any atom is -0.497 e. The van der Waals surface area contributed by atoms with Crippen LogP contribution in [0.3, 0.4) is 0 Å². The molecule has 0 unspecified atom stereocenters. The highest BCUT2D eigenvalue weighted by Gasteiger charge is 2.06. The molecule has 0 aliphatic heterocycles. The first-order chi connectivity index (χ1) is 9.63. The zero-order chi connectivity index (χ0) is 14.5. The van der Waals surface area contributed by atoms with Crippen molar-refractivity contribution in [2.45, 2.75) is 26.3 Å². The predicted octanol–water partition coefficient (Wildman–Crippen LogP) is 4.63. The van der Waals surface area contributed by atoms with Crippen LogP contribution in [-0.4, -0.2) is 7.11 Å². The minimum absolute atomic E-state index is 0.402. The quantitative estimate of drug-likeness (QED) is 0.748. The van der Waals surface area contributed by atoms with E-state index in [1.165, 1.54) is 16.7 Å². The smallest absolute Gasteiger partial charge is 0.124 e. The molecule has 3 heteroatoms. The molecule has 0 aromatic heterocycles. The highest BCUT2D eigenvalue weighted by atomic mass is 35.5. The first kappa shape index (κ1) is 14.7. The molecule has 0 radical (unpaired) electrons. The molecule has 2 aromatic rings. The first-order valence-electron chi connectivity index (χ1n) is 6.56. The lowest BCUT2D eigenvalue weighted by Gasteiger charge is -2.13. The Hall–Kier alpha value is -1.67. The lowest BCUT2D eigenvalue weighted by molar-refractivity contribution is 0.302. The van der Waals surface area contributed by atoms with Crippen LogP contribution in [0.15, 0.2) is 36.4 Å². The van der Waals surface area contributed by atoms with Gasteiger partial charge in [0.05, 0.1) is 13.0 Å². The summed E-state index contributed by atoms with van der Waals surface area (Å²) in [7, 11) is 1.64. The molecule has 0 heterocycles. The van der Waals surface area contributed by atoms with Crippen LogP contribution in [0.1, 0.15) is 22.3 Å². The van der Waals surface area contributed by atoms with Crippen molar-refractivity contribution in [1.82, 2.24) is 0 Å². The highest BCUT2D eigenvalue weighted by Crippen LogP contribution is 2.26. The van der Waals surface area contributed by atoms with Crippen molar-refractivity contribution in [3.63, 3.8) is 0 Å². The molecule has 0 saturated carbocycles. The molecule has 0 aliphatic carbocycles. The van der Waals surface area contributed by atoms with Crippen LogP contribution in [0.4, 0.5) is 0 Å². The number of methoxy groups -OCH3 is 1. The van der Waals surface area contributed by atoms with Crippen LogP contribution >= 0.6 is 11.6 Å². The lowest BCUT2D eigenvalue weighted by Crippen LogP contribution is -2.00. The normalized spacial score (nSPS) is 10.4. The molecule has 0 aliphatic rings. The Morgan fingerprint density at radius 2 is 1.80 bits per heavy atom. The second kappa shape index (κ2) is 6.67. The Kier molecular flexibility index (Phi) is 4.91. The Labute approximate surface area is 125 Å². The minimum atomic E-state index is 0.402. The SMILES string of the molecule is COc1ccc(OCc2cc(C)ccc2C)c(CCl)c1. The summed E-state index contributed by atoms with van der Waals surface area (Å²) in [6.45, 7) is 4.72. The molecule has 2 aromatic carbocycles. The van der Waals surface area contributed by atoms with Gasteiger partial charge in [-0.15, -0.1) is 11.6 Å². The van der Waals surface area contributed by atoms with Gasteiger partial charge >= 0.3 is 0 Å². The van der Waals surface area contributed by atoms with E-state index in [0.717, 1.165) is 17.1 Å². The number of hydrogen-bond acceptors (Lipinski definition) is 2. The number of alkyl halides is 1. The third-order valence-corrected chi connectivity index (χ3v) is 3.59. The average molecular weight is 291 g/mol. The molecule has 0 bridgehead atoms. The zero-order valence-corrected chi connectivity index (χ0v) is 12.8. The van der Waals surface area contributed by atoms with Crippen molar-refractivity contribution in [2.75, 3.05) is 7.11 Å². The number of hydrogen-bond donors (Lipinski definition) is 0. The summed E-state index contributed by atoms with van der Waals surface area (Å²) in [5, 5.41) is 0. The third kappa shape index (κ3) is 3.45. The van der Waals surface area contributed by atoms with Gasteiger partial charge in [0, 0.05) is 5.56 Å². The van der Waals surface area contributed by atoms with E-state index in [0.29, 0.717) is 12.5 Å². The monoisotopic (exact) mass is 290 g/mol. The van der Waals surface area contributed by atoms with Gasteiger partial charge in [-0.3, -0.25) is 0 Å². The summed E-state index contributed by atoms with van der Waals surface area (Å²) >= 11 is 5.96. The second-order valence-electron chi connectivity index (χ2n) is 4.83. The Balaban J connectivity index is 2.16. The van der Waals surface area contributed by atoms with Gasteiger partial charge in [-0.05, 0) is 43.2 Å². The topological polar surface area (TPSA) is 18.5 Å². The fraction of sp³-hybridized carbons (Fsp3) is 0.294. The van der Waals surface area contributed by atoms with E-state index in [1.807, 2.05) is 18.2 Å². The van der Waals surface area contributed by atoms with Gasteiger partial charge in [-0.1, -0.05) is 23.8 Å². The van der Waals surface area contributed by atoms with Gasteiger partial charge in [0.2, 0.25) is 0 Å². The maximum absolute atomic E-state index is 5.96. The van der Waals surface area contributed by atoms with Crippen molar-refractivity contribution in [2.24, 2.45) is 0 Å². The van der Waals surface area contributed by atoms with Crippen LogP contribution in [-0.2, 0) is 12.5 Å². The maximum atomic E-state index is 5.96. The molecular weight excluding hydrogens is 272 g/mol. The van der Waals surface area contributed by atoms with E-state index in [4.69, 9.17) is 21.1 Å². The number of halogens is 1. The molecule has 0 fully saturated rings. The highest BCUT2D eigenvalue weighted by molar-refractivity contribution is 6.17. The molecule has 0 saturated heterocycles. The third-order valence-electron chi connectivity index (χ3n) is 3.30. The molecule has 0 amide bonds. The number of rotatable bonds is 5. The van der Waals surface area contributed by atoms with Crippen molar-refractivity contribution >= 4 is 11.6 Å². The first-order valence-corrected chi connectivity index (χ1v) is 7.09. The lowest BCUT2D eigenvalue weighted by atomic mass is 10.1. The molecule has 2 nitrogen and oxygen atoms in total. The zero-order valence-electron chi connectivity index (χ0n) is 12.1. The Morgan fingerprint density at radius 1 is 1.00 bits per heavy atom. The van der Waals surface area contributed by atoms with E-state index in [9.17, 15) is 0 Å². The number of benzene rings is 2. The van der Waals surface area contributed by atoms with E-state index in [2.05, 4.69) is 32.0 Å². The fourth-order valence-corrected chi connectivity index (χ4v) is 2.25. The van der Waals surface area contributed by atoms with Crippen LogP contribution in [0.5, 0.6) is 11.5 Å². The van der Waals surface area contributed by atoms with E-state index in [-0.39, 0.29) is 0 Å². The number of aryl methyl sites for hydroxylation is 2. The van der Waals surface area contributed by atoms with Crippen molar-refractivity contribution < 1.29 is 9.47 Å². The van der Waals surface area contributed by atoms with Gasteiger partial charge in [0.1, 0.15) is 18.1 Å². The summed E-state index contributed by atoms with van der Waals surface area (Å²) < 4.78 is 11.1. The van der Waals surface area contributed by atoms with Crippen LogP contribution in [0.2, 0.25) is 0 Å². The van der Waals surface area contributed by atoms with Gasteiger partial charge in [0.15, 0.2) is 0 Å². The summed E-state index contributed by atoms with van der Waals surface area (Å²) in [6.07, 6.45) is 0. The molecule has 0 N–H and O–H groups in total. The fourth-order valence-electron chi connectivity index (χ4n) is 2.04. The molecule has 2 rings (SSSR count). The van der Waals surface area contributed by atoms with E-state index >= 15 is 0 Å². The van der Waals surface area contributed by atoms with Gasteiger partial charge < -0.3 is 9.47 Å². The molecule has 106 valence electrons. The summed E-state index contributed by atoms with van der Waals surface area (Å²) in [4.78, 5) is 0. The summed E-state index contributed by atoms with van der Waals surface area (Å²) in [5.74, 6) is 2.00. The second-order valence-corrected chi connectivity index (χ2v) is 5.09. The Bertz CT molecular complexity index is 594. The van der Waals surface area contributed by atoms with Crippen molar-refractivity contribution in [3.8, 4) is 11.5 Å². The van der Waals surface area contributed by atoms with E-state index < -0.39 is 0 Å². The van der Waals surface area contributed by atoms with Crippen molar-refractivity contribution in [1.29, 1.82) is 0 Å². The van der Waals surface area contributed by atoms with E-state index in [1.54, 1.807) is 7.11 Å². The van der Waals surface area contributed by atoms with Crippen LogP contribution < -0.4 is 9.47 Å². The predicted molar refractivity (Wildman–Crippen MR) is 82.8 cm³/mol. The molecular formula is C17H19ClO2. The van der Waals surface area contributed by atoms with Crippen LogP contribution in [0.25, 0.3) is 0 Å². The van der Waals surface area contributed by atoms with Crippen LogP contribution in [0, 0.1) is 13.8 Å². The average Bonchev–Trinajstić information content (AvgIpc) is 2.48.